The highest BCUT2D eigenvalue weighted by Crippen LogP contribution is 2.18. The molecule has 0 spiro atoms. The molecule has 0 aliphatic carbocycles. The van der Waals surface area contributed by atoms with Gasteiger partial charge in [-0.2, -0.15) is 0 Å². The van der Waals surface area contributed by atoms with Gasteiger partial charge in [-0.3, -0.25) is 9.59 Å². The van der Waals surface area contributed by atoms with Crippen molar-refractivity contribution >= 4 is 40.6 Å². The second kappa shape index (κ2) is 7.76. The molecule has 7 heteroatoms. The van der Waals surface area contributed by atoms with Crippen molar-refractivity contribution in [3.63, 3.8) is 0 Å². The van der Waals surface area contributed by atoms with Crippen molar-refractivity contribution in [3.05, 3.63) is 77.1 Å². The molecule has 6 nitrogen and oxygen atoms in total. The zero-order valence-corrected chi connectivity index (χ0v) is 14.6. The summed E-state index contributed by atoms with van der Waals surface area (Å²) >= 11 is 5.95. The lowest BCUT2D eigenvalue weighted by Gasteiger charge is -2.08. The normalized spacial score (nSPS) is 10.2. The first-order chi connectivity index (χ1) is 12.5. The van der Waals surface area contributed by atoms with Gasteiger partial charge in [0.15, 0.2) is 5.78 Å². The summed E-state index contributed by atoms with van der Waals surface area (Å²) in [7, 11) is 0. The number of ketones is 1. The molecular weight excluding hydrogens is 352 g/mol. The van der Waals surface area contributed by atoms with Crippen molar-refractivity contribution in [3.8, 4) is 0 Å². The number of hydrogen-bond acceptors (Lipinski definition) is 5. The van der Waals surface area contributed by atoms with Gasteiger partial charge < -0.3 is 10.6 Å². The second-order valence-electron chi connectivity index (χ2n) is 5.49. The van der Waals surface area contributed by atoms with Crippen LogP contribution in [0.1, 0.15) is 27.8 Å². The Kier molecular flexibility index (Phi) is 5.24. The minimum Gasteiger partial charge on any atom is -0.324 e. The lowest BCUT2D eigenvalue weighted by Crippen LogP contribution is -2.14. The van der Waals surface area contributed by atoms with Crippen LogP contribution in [-0.2, 0) is 0 Å². The van der Waals surface area contributed by atoms with Crippen LogP contribution in [0.3, 0.4) is 0 Å². The number of carbonyl (C=O) groups excluding carboxylic acids is 2. The molecule has 2 aromatic carbocycles. The molecule has 130 valence electrons. The van der Waals surface area contributed by atoms with Crippen LogP contribution in [-0.4, -0.2) is 21.7 Å². The van der Waals surface area contributed by atoms with Crippen LogP contribution in [0.4, 0.5) is 17.3 Å². The molecule has 26 heavy (non-hydrogen) atoms. The quantitative estimate of drug-likeness (QED) is 0.656. The van der Waals surface area contributed by atoms with Crippen molar-refractivity contribution in [2.75, 3.05) is 10.6 Å². The molecule has 0 aliphatic rings. The summed E-state index contributed by atoms with van der Waals surface area (Å²) in [4.78, 5) is 32.0. The Hall–Kier alpha value is -3.25. The third-order valence-corrected chi connectivity index (χ3v) is 3.75. The molecule has 0 radical (unpaired) electrons. The van der Waals surface area contributed by atoms with Gasteiger partial charge in [-0.05, 0) is 55.5 Å². The van der Waals surface area contributed by atoms with Crippen LogP contribution in [0.25, 0.3) is 0 Å². The SMILES string of the molecule is CC(=O)c1ccc(NC(=O)c2ccnc(Nc3cccc(Cl)c3)n2)cc1. The summed E-state index contributed by atoms with van der Waals surface area (Å²) in [5.41, 5.74) is 2.08. The fourth-order valence-corrected chi connectivity index (χ4v) is 2.41. The Morgan fingerprint density at radius 3 is 2.46 bits per heavy atom. The van der Waals surface area contributed by atoms with E-state index in [4.69, 9.17) is 11.6 Å². The van der Waals surface area contributed by atoms with Crippen molar-refractivity contribution < 1.29 is 9.59 Å². The average molecular weight is 367 g/mol. The number of amides is 1. The second-order valence-corrected chi connectivity index (χ2v) is 5.92. The van der Waals surface area contributed by atoms with E-state index in [2.05, 4.69) is 20.6 Å². The first-order valence-electron chi connectivity index (χ1n) is 7.79. The maximum absolute atomic E-state index is 12.4. The Bertz CT molecular complexity index is 958. The topological polar surface area (TPSA) is 84.0 Å². The van der Waals surface area contributed by atoms with Crippen LogP contribution in [0.15, 0.2) is 60.8 Å². The van der Waals surface area contributed by atoms with Crippen LogP contribution in [0, 0.1) is 0 Å². The minimum atomic E-state index is -0.378. The van der Waals surface area contributed by atoms with Gasteiger partial charge in [0.05, 0.1) is 0 Å². The van der Waals surface area contributed by atoms with Crippen LogP contribution < -0.4 is 10.6 Å². The number of anilines is 3. The van der Waals surface area contributed by atoms with Crippen LogP contribution >= 0.6 is 11.6 Å². The molecule has 0 saturated heterocycles. The molecule has 0 unspecified atom stereocenters. The average Bonchev–Trinajstić information content (AvgIpc) is 2.62. The highest BCUT2D eigenvalue weighted by molar-refractivity contribution is 6.30. The molecule has 3 rings (SSSR count). The van der Waals surface area contributed by atoms with Gasteiger partial charge >= 0.3 is 0 Å². The number of hydrogen-bond donors (Lipinski definition) is 2. The van der Waals surface area contributed by atoms with Gasteiger partial charge in [-0.15, -0.1) is 0 Å². The third-order valence-electron chi connectivity index (χ3n) is 3.52. The Morgan fingerprint density at radius 1 is 1.00 bits per heavy atom. The minimum absolute atomic E-state index is 0.0320. The first-order valence-corrected chi connectivity index (χ1v) is 8.17. The molecule has 0 aliphatic heterocycles. The molecular formula is C19H15ClN4O2. The summed E-state index contributed by atoms with van der Waals surface area (Å²) in [5.74, 6) is -0.126. The lowest BCUT2D eigenvalue weighted by molar-refractivity contribution is 0.101. The predicted molar refractivity (Wildman–Crippen MR) is 101 cm³/mol. The Labute approximate surface area is 155 Å². The summed E-state index contributed by atoms with van der Waals surface area (Å²) in [6.45, 7) is 1.49. The number of rotatable bonds is 5. The number of halogens is 1. The van der Waals surface area contributed by atoms with E-state index in [1.54, 1.807) is 42.5 Å². The van der Waals surface area contributed by atoms with Crippen LogP contribution in [0.5, 0.6) is 0 Å². The maximum Gasteiger partial charge on any atom is 0.274 e. The monoisotopic (exact) mass is 366 g/mol. The molecule has 1 aromatic heterocycles. The number of nitrogens with zero attached hydrogens (tertiary/aromatic N) is 2. The van der Waals surface area contributed by atoms with E-state index in [9.17, 15) is 9.59 Å². The van der Waals surface area contributed by atoms with E-state index in [-0.39, 0.29) is 23.3 Å². The molecule has 1 heterocycles. The number of Topliss-reactive ketones (excluding diaryl/α,β-unsaturated/α-hetero) is 1. The van der Waals surface area contributed by atoms with Crippen molar-refractivity contribution in [1.82, 2.24) is 9.97 Å². The summed E-state index contributed by atoms with van der Waals surface area (Å²) < 4.78 is 0. The van der Waals surface area contributed by atoms with Gasteiger partial charge in [0.1, 0.15) is 5.69 Å². The Morgan fingerprint density at radius 2 is 1.77 bits per heavy atom. The van der Waals surface area contributed by atoms with E-state index in [0.717, 1.165) is 5.69 Å². The zero-order valence-electron chi connectivity index (χ0n) is 13.9. The summed E-state index contributed by atoms with van der Waals surface area (Å²) in [6.07, 6.45) is 1.49. The van der Waals surface area contributed by atoms with Gasteiger partial charge in [0, 0.05) is 28.2 Å². The number of benzene rings is 2. The zero-order chi connectivity index (χ0) is 18.5. The van der Waals surface area contributed by atoms with Gasteiger partial charge in [-0.1, -0.05) is 17.7 Å². The first kappa shape index (κ1) is 17.6. The highest BCUT2D eigenvalue weighted by Gasteiger charge is 2.10. The molecule has 3 aromatic rings. The van der Waals surface area contributed by atoms with E-state index in [0.29, 0.717) is 16.3 Å². The summed E-state index contributed by atoms with van der Waals surface area (Å²) in [5, 5.41) is 6.32. The standard InChI is InChI=1S/C19H15ClN4O2/c1-12(25)13-5-7-15(8-6-13)22-18(26)17-9-10-21-19(24-17)23-16-4-2-3-14(20)11-16/h2-11H,1H3,(H,22,26)(H,21,23,24). The van der Waals surface area contributed by atoms with E-state index >= 15 is 0 Å². The number of carbonyl (C=O) groups is 2. The molecule has 0 fully saturated rings. The maximum atomic E-state index is 12.4. The van der Waals surface area contributed by atoms with Gasteiger partial charge in [-0.25, -0.2) is 9.97 Å². The fraction of sp³-hybridized carbons (Fsp3) is 0.0526. The van der Waals surface area contributed by atoms with Crippen molar-refractivity contribution in [2.24, 2.45) is 0 Å². The van der Waals surface area contributed by atoms with E-state index in [1.807, 2.05) is 6.07 Å². The summed E-state index contributed by atoms with van der Waals surface area (Å²) in [6, 6.07) is 15.3. The highest BCUT2D eigenvalue weighted by atomic mass is 35.5. The smallest absolute Gasteiger partial charge is 0.274 e. The van der Waals surface area contributed by atoms with Gasteiger partial charge in [0.2, 0.25) is 5.95 Å². The number of nitrogens with one attached hydrogen (secondary N) is 2. The largest absolute Gasteiger partial charge is 0.324 e. The van der Waals surface area contributed by atoms with E-state index in [1.165, 1.54) is 19.2 Å². The molecule has 1 amide bonds. The number of aromatic nitrogens is 2. The molecule has 0 atom stereocenters. The molecule has 0 bridgehead atoms. The predicted octanol–water partition coefficient (Wildman–Crippen LogP) is 4.33. The van der Waals surface area contributed by atoms with Gasteiger partial charge in [0.25, 0.3) is 5.91 Å². The van der Waals surface area contributed by atoms with Crippen molar-refractivity contribution in [2.45, 2.75) is 6.92 Å². The Balaban J connectivity index is 1.72. The molecule has 0 saturated carbocycles. The lowest BCUT2D eigenvalue weighted by atomic mass is 10.1. The third kappa shape index (κ3) is 4.43. The van der Waals surface area contributed by atoms with Crippen LogP contribution in [0.2, 0.25) is 5.02 Å². The fourth-order valence-electron chi connectivity index (χ4n) is 2.22. The van der Waals surface area contributed by atoms with Crippen molar-refractivity contribution in [1.29, 1.82) is 0 Å². The van der Waals surface area contributed by atoms with E-state index < -0.39 is 0 Å². The molecule has 2 N–H and O–H groups in total.